The molecule has 3 heterocycles. The molecule has 2 N–H and O–H groups in total. The summed E-state index contributed by atoms with van der Waals surface area (Å²) in [6, 6.07) is 146. The van der Waals surface area contributed by atoms with Crippen LogP contribution in [0.1, 0.15) is 78.2 Å². The molecule has 0 fully saturated rings. The number of nitrogens with zero attached hydrogens (tertiary/aromatic N) is 4. The minimum atomic E-state index is -0.498. The molecular formula is C114H74BeN6O2S2+2. The van der Waals surface area contributed by atoms with Gasteiger partial charge in [-0.25, -0.2) is 15.0 Å². The van der Waals surface area contributed by atoms with Gasteiger partial charge in [-0.05, 0) is 183 Å². The van der Waals surface area contributed by atoms with Crippen LogP contribution in [0.15, 0.2) is 413 Å². The van der Waals surface area contributed by atoms with Gasteiger partial charge in [-0.2, -0.15) is 15.2 Å². The Kier molecular flexibility index (Phi) is 19.6. The molecule has 0 radical (unpaired) electrons. The van der Waals surface area contributed by atoms with Gasteiger partial charge in [0.1, 0.15) is 9.40 Å². The second-order valence-corrected chi connectivity index (χ2v) is 34.1. The number of hydrogen-bond acceptors (Lipinski definition) is 8. The standard InChI is InChI=1S/C40H25N3.C40H27N.2C17H11NOS.Be/c1-3-13-26(14-4-1)37-41-38(27-15-5-2-6-16-27)43-39(42-37)28-23-24-32-31-19-9-12-22-35(31)40(36(32)25-28)33-20-10-7-17-29(33)30-18-8-11-21-34(30)40;1-26-15-18-29(19-16-26)40(37-14-8-7-12-32(37)36-23-27(25-41)17-22-38(36)40)30-20-21-34-35(24-30)31-11-5-6-13-33(31)39(34)28-9-3-2-4-10-28;2*19-15-10-12-6-2-1-5-11(12)9-13(15)17-18-14-7-3-4-8-16(14)20-17;/h1-25H;2-24,39H,1H3;2*1-10,19H;/q;;;;+2. The van der Waals surface area contributed by atoms with E-state index in [4.69, 9.17) is 15.0 Å². The van der Waals surface area contributed by atoms with E-state index in [1.165, 1.54) is 106 Å². The fourth-order valence-electron chi connectivity index (χ4n) is 19.4. The van der Waals surface area contributed by atoms with Crippen LogP contribution in [0, 0.1) is 18.3 Å². The number of nitrogens with one attached hydrogen (secondary N) is 2. The molecule has 584 valence electrons. The number of rotatable bonds is 8. The van der Waals surface area contributed by atoms with Gasteiger partial charge in [0.05, 0.1) is 33.6 Å². The van der Waals surface area contributed by atoms with Crippen molar-refractivity contribution in [2.75, 3.05) is 0 Å². The van der Waals surface area contributed by atoms with Crippen LogP contribution in [0.5, 0.6) is 11.5 Å². The maximum atomic E-state index is 12.3. The number of para-hydroxylation sites is 2. The van der Waals surface area contributed by atoms with Crippen molar-refractivity contribution in [3.05, 3.63) is 485 Å². The third kappa shape index (κ3) is 13.1. The summed E-state index contributed by atoms with van der Waals surface area (Å²) >= 11 is 3.24. The summed E-state index contributed by atoms with van der Waals surface area (Å²) in [4.78, 5) is 21.7. The van der Waals surface area contributed by atoms with Crippen LogP contribution in [0.3, 0.4) is 0 Å². The summed E-state index contributed by atoms with van der Waals surface area (Å²) in [5.41, 5.74) is 31.9. The van der Waals surface area contributed by atoms with Gasteiger partial charge in [-0.3, -0.25) is 0 Å². The van der Waals surface area contributed by atoms with Gasteiger partial charge in [0.25, 0.3) is 10.0 Å². The zero-order valence-corrected chi connectivity index (χ0v) is 69.6. The number of fused-ring (bicyclic) bond motifs is 20. The monoisotopic (exact) mass is 1630 g/mol. The Labute approximate surface area is 735 Å². The minimum Gasteiger partial charge on any atom is -0.872 e. The molecule has 21 aromatic rings. The molecule has 0 aliphatic heterocycles. The predicted octanol–water partition coefficient (Wildman–Crippen LogP) is 25.4. The molecular weight excluding hydrogens is 1560 g/mol. The van der Waals surface area contributed by atoms with Crippen LogP contribution in [0.25, 0.3) is 142 Å². The van der Waals surface area contributed by atoms with E-state index in [2.05, 4.69) is 284 Å². The van der Waals surface area contributed by atoms with Crippen LogP contribution in [-0.2, 0) is 10.8 Å². The first-order valence-corrected chi connectivity index (χ1v) is 43.3. The molecule has 2 unspecified atom stereocenters. The van der Waals surface area contributed by atoms with E-state index in [1.807, 2.05) is 140 Å². The average Bonchev–Trinajstić information content (AvgIpc) is 1.50. The first-order chi connectivity index (χ1) is 61.1. The molecule has 25 rings (SSSR count). The number of aromatic amines is 2. The Bertz CT molecular complexity index is 7500. The SMILES string of the molecule is Cc1ccc(C2(c3ccc4c(c3)-c3ccccc3C4c3ccccc3)c3ccccc3-c3cc(C#N)ccc32)cc1.[Be+2].[O-]c1cc2ccccc2cc1-c1[nH+]c2ccccc2s1.[O-]c1cc2ccccc2cc1-c1[nH+]c2ccccc2s1.c1ccc(-c2nc(-c3ccccc3)nc(-c3ccc4c(c3)C3(c5ccccc5-c5ccccc53)c3ccccc3-4)n2)cc1. The molecule has 3 aromatic heterocycles. The van der Waals surface area contributed by atoms with Crippen molar-refractivity contribution in [2.24, 2.45) is 0 Å². The second-order valence-electron chi connectivity index (χ2n) is 31.9. The van der Waals surface area contributed by atoms with E-state index in [-0.39, 0.29) is 27.5 Å². The van der Waals surface area contributed by atoms with E-state index in [9.17, 15) is 15.5 Å². The van der Waals surface area contributed by atoms with Crippen LogP contribution in [0.4, 0.5) is 0 Å². The molecule has 18 aromatic carbocycles. The number of aryl methyl sites for hydroxylation is 1. The molecule has 2 atom stereocenters. The van der Waals surface area contributed by atoms with E-state index >= 15 is 0 Å². The number of aromatic nitrogens is 5. The summed E-state index contributed by atoms with van der Waals surface area (Å²) in [6.45, 7) is 2.14. The van der Waals surface area contributed by atoms with Gasteiger partial charge >= 0.3 is 10.1 Å². The van der Waals surface area contributed by atoms with Crippen molar-refractivity contribution in [2.45, 2.75) is 23.7 Å². The van der Waals surface area contributed by atoms with Crippen molar-refractivity contribution in [1.29, 1.82) is 5.26 Å². The molecule has 4 aliphatic carbocycles. The molecule has 125 heavy (non-hydrogen) atoms. The topological polar surface area (TPSA) is 137 Å². The van der Waals surface area contributed by atoms with Gasteiger partial charge in [-0.15, -0.1) is 0 Å². The summed E-state index contributed by atoms with van der Waals surface area (Å²) in [5, 5.41) is 40.4. The van der Waals surface area contributed by atoms with Crippen LogP contribution in [0.2, 0.25) is 0 Å². The molecule has 4 aliphatic rings. The average molecular weight is 1630 g/mol. The van der Waals surface area contributed by atoms with E-state index in [0.717, 1.165) is 85.4 Å². The van der Waals surface area contributed by atoms with Crippen molar-refractivity contribution < 1.29 is 20.2 Å². The number of thiazole rings is 2. The molecule has 8 nitrogen and oxygen atoms in total. The maximum Gasteiger partial charge on any atom is 2.00 e. The summed E-state index contributed by atoms with van der Waals surface area (Å²) in [7, 11) is 0. The number of nitriles is 1. The smallest absolute Gasteiger partial charge is 0.872 e. The fraction of sp³-hybridized carbons (Fsp3) is 0.0351. The van der Waals surface area contributed by atoms with Crippen molar-refractivity contribution >= 4 is 74.8 Å². The summed E-state index contributed by atoms with van der Waals surface area (Å²) in [6.07, 6.45) is 0. The zero-order valence-electron chi connectivity index (χ0n) is 68.0. The largest absolute Gasteiger partial charge is 2.00 e. The van der Waals surface area contributed by atoms with Crippen molar-refractivity contribution in [3.8, 4) is 117 Å². The Morgan fingerprint density at radius 2 is 0.704 bits per heavy atom. The Hall–Kier alpha value is -15.5. The van der Waals surface area contributed by atoms with E-state index in [1.54, 1.807) is 34.8 Å². The first kappa shape index (κ1) is 76.9. The molecule has 0 amide bonds. The van der Waals surface area contributed by atoms with Gasteiger partial charge < -0.3 is 10.2 Å². The number of benzene rings is 18. The van der Waals surface area contributed by atoms with Gasteiger partial charge in [0, 0.05) is 34.7 Å². The first-order valence-electron chi connectivity index (χ1n) is 41.7. The minimum absolute atomic E-state index is 0. The second kappa shape index (κ2) is 31.8. The van der Waals surface area contributed by atoms with Crippen LogP contribution < -0.4 is 20.2 Å². The summed E-state index contributed by atoms with van der Waals surface area (Å²) in [5.74, 6) is 2.34. The molecule has 0 saturated heterocycles. The molecule has 11 heteroatoms. The van der Waals surface area contributed by atoms with Gasteiger partial charge in [-0.1, -0.05) is 392 Å². The number of H-pyrrole nitrogens is 2. The van der Waals surface area contributed by atoms with Crippen molar-refractivity contribution in [3.63, 3.8) is 0 Å². The van der Waals surface area contributed by atoms with E-state index in [0.29, 0.717) is 23.0 Å². The van der Waals surface area contributed by atoms with Gasteiger partial charge in [0.15, 0.2) is 17.5 Å². The zero-order chi connectivity index (χ0) is 83.0. The van der Waals surface area contributed by atoms with Crippen molar-refractivity contribution in [1.82, 2.24) is 15.0 Å². The quantitative estimate of drug-likeness (QED) is 0.139. The Morgan fingerprint density at radius 3 is 1.22 bits per heavy atom. The maximum absolute atomic E-state index is 12.3. The van der Waals surface area contributed by atoms with E-state index < -0.39 is 10.8 Å². The Balaban J connectivity index is 0.000000108. The molecule has 0 bridgehead atoms. The molecule has 0 saturated carbocycles. The van der Waals surface area contributed by atoms with Gasteiger partial charge in [0.2, 0.25) is 11.0 Å². The summed E-state index contributed by atoms with van der Waals surface area (Å²) < 4.78 is 2.32. The number of hydrogen-bond donors (Lipinski definition) is 0. The molecule has 1 spiro atoms. The van der Waals surface area contributed by atoms with Crippen LogP contribution >= 0.6 is 22.7 Å². The third-order valence-electron chi connectivity index (χ3n) is 25.0. The predicted molar refractivity (Wildman–Crippen MR) is 506 cm³/mol. The third-order valence-corrected chi connectivity index (χ3v) is 27.2. The van der Waals surface area contributed by atoms with Crippen LogP contribution in [-0.4, -0.2) is 25.1 Å². The Morgan fingerprint density at radius 1 is 0.304 bits per heavy atom. The normalized spacial score (nSPS) is 14.0. The fourth-order valence-corrected chi connectivity index (χ4v) is 21.5.